The molecule has 2 N–H and O–H groups in total. The van der Waals surface area contributed by atoms with Gasteiger partial charge in [0.05, 0.1) is 16.8 Å². The standard InChI is InChI=1S/C22H24FN3OS/c1-15(24-13-20-9-8-19(28-20)10-11-22(3,4)27)21-14-25-26(16(21)2)18-7-5-6-17(23)12-18/h5-9,12,14-15,24,27H,13H2,1-4H3/t15-/m0/s1. The first-order chi connectivity index (χ1) is 13.2. The average Bonchev–Trinajstić information content (AvgIpc) is 3.24. The molecule has 3 aromatic rings. The molecule has 2 aromatic heterocycles. The fraction of sp³-hybridized carbons (Fsp3) is 0.318. The quantitative estimate of drug-likeness (QED) is 0.629. The Hall–Kier alpha value is -2.46. The predicted octanol–water partition coefficient (Wildman–Crippen LogP) is 4.35. The molecule has 0 fully saturated rings. The molecule has 0 radical (unpaired) electrons. The van der Waals surface area contributed by atoms with Crippen molar-refractivity contribution in [2.75, 3.05) is 0 Å². The second-order valence-electron chi connectivity index (χ2n) is 7.25. The number of hydrogen-bond acceptors (Lipinski definition) is 4. The minimum Gasteiger partial charge on any atom is -0.378 e. The van der Waals surface area contributed by atoms with Crippen molar-refractivity contribution >= 4 is 11.3 Å². The van der Waals surface area contributed by atoms with Crippen molar-refractivity contribution in [3.63, 3.8) is 0 Å². The molecule has 0 amide bonds. The highest BCUT2D eigenvalue weighted by molar-refractivity contribution is 7.12. The maximum absolute atomic E-state index is 13.5. The van der Waals surface area contributed by atoms with Crippen molar-refractivity contribution in [2.24, 2.45) is 0 Å². The molecule has 0 saturated heterocycles. The Morgan fingerprint density at radius 2 is 2.11 bits per heavy atom. The van der Waals surface area contributed by atoms with E-state index in [2.05, 4.69) is 29.2 Å². The van der Waals surface area contributed by atoms with Gasteiger partial charge in [-0.3, -0.25) is 0 Å². The average molecular weight is 398 g/mol. The molecular weight excluding hydrogens is 373 g/mol. The van der Waals surface area contributed by atoms with Crippen LogP contribution in [0.1, 0.15) is 47.8 Å². The molecule has 1 aromatic carbocycles. The van der Waals surface area contributed by atoms with Gasteiger partial charge in [-0.15, -0.1) is 11.3 Å². The zero-order valence-electron chi connectivity index (χ0n) is 16.5. The number of benzene rings is 1. The second-order valence-corrected chi connectivity index (χ2v) is 8.42. The van der Waals surface area contributed by atoms with Crippen molar-refractivity contribution in [1.82, 2.24) is 15.1 Å². The molecule has 6 heteroatoms. The van der Waals surface area contributed by atoms with E-state index in [1.165, 1.54) is 17.0 Å². The van der Waals surface area contributed by atoms with Crippen LogP contribution in [0, 0.1) is 24.6 Å². The van der Waals surface area contributed by atoms with Crippen molar-refractivity contribution in [2.45, 2.75) is 45.9 Å². The first-order valence-corrected chi connectivity index (χ1v) is 9.93. The number of nitrogens with one attached hydrogen (secondary N) is 1. The van der Waals surface area contributed by atoms with Gasteiger partial charge in [0, 0.05) is 28.7 Å². The summed E-state index contributed by atoms with van der Waals surface area (Å²) in [5.74, 6) is 5.56. The van der Waals surface area contributed by atoms with Crippen LogP contribution in [0.5, 0.6) is 0 Å². The van der Waals surface area contributed by atoms with Crippen LogP contribution < -0.4 is 5.32 Å². The molecule has 146 valence electrons. The number of halogens is 1. The zero-order valence-corrected chi connectivity index (χ0v) is 17.3. The summed E-state index contributed by atoms with van der Waals surface area (Å²) in [5.41, 5.74) is 1.77. The Kier molecular flexibility index (Phi) is 5.99. The molecule has 0 aliphatic carbocycles. The van der Waals surface area contributed by atoms with Gasteiger partial charge in [0.2, 0.25) is 0 Å². The highest BCUT2D eigenvalue weighted by atomic mass is 32.1. The highest BCUT2D eigenvalue weighted by Crippen LogP contribution is 2.22. The van der Waals surface area contributed by atoms with Crippen LogP contribution in [-0.2, 0) is 6.54 Å². The van der Waals surface area contributed by atoms with E-state index in [1.54, 1.807) is 35.9 Å². The van der Waals surface area contributed by atoms with E-state index in [4.69, 9.17) is 0 Å². The first-order valence-electron chi connectivity index (χ1n) is 9.11. The third-order valence-corrected chi connectivity index (χ3v) is 5.30. The minimum atomic E-state index is -0.990. The summed E-state index contributed by atoms with van der Waals surface area (Å²) in [6.45, 7) is 8.12. The summed E-state index contributed by atoms with van der Waals surface area (Å²) >= 11 is 1.61. The van der Waals surface area contributed by atoms with Crippen LogP contribution in [0.4, 0.5) is 4.39 Å². The number of rotatable bonds is 5. The molecule has 0 spiro atoms. The van der Waals surface area contributed by atoms with Gasteiger partial charge in [-0.1, -0.05) is 17.9 Å². The Morgan fingerprint density at radius 3 is 2.82 bits per heavy atom. The van der Waals surface area contributed by atoms with Crippen molar-refractivity contribution in [3.8, 4) is 17.5 Å². The van der Waals surface area contributed by atoms with E-state index in [0.717, 1.165) is 16.1 Å². The van der Waals surface area contributed by atoms with Crippen LogP contribution in [0.2, 0.25) is 0 Å². The topological polar surface area (TPSA) is 50.1 Å². The van der Waals surface area contributed by atoms with Gasteiger partial charge in [0.15, 0.2) is 0 Å². The maximum atomic E-state index is 13.5. The van der Waals surface area contributed by atoms with E-state index in [-0.39, 0.29) is 11.9 Å². The molecule has 0 aliphatic rings. The Balaban J connectivity index is 1.67. The monoisotopic (exact) mass is 397 g/mol. The molecule has 0 unspecified atom stereocenters. The fourth-order valence-electron chi connectivity index (χ4n) is 2.83. The van der Waals surface area contributed by atoms with Gasteiger partial charge in [0.25, 0.3) is 0 Å². The molecular formula is C22H24FN3OS. The minimum absolute atomic E-state index is 0.0929. The van der Waals surface area contributed by atoms with Crippen molar-refractivity contribution < 1.29 is 9.50 Å². The summed E-state index contributed by atoms with van der Waals surface area (Å²) < 4.78 is 15.3. The lowest BCUT2D eigenvalue weighted by Crippen LogP contribution is -2.18. The largest absolute Gasteiger partial charge is 0.378 e. The smallest absolute Gasteiger partial charge is 0.125 e. The van der Waals surface area contributed by atoms with Crippen LogP contribution in [0.15, 0.2) is 42.6 Å². The maximum Gasteiger partial charge on any atom is 0.125 e. The third-order valence-electron chi connectivity index (χ3n) is 4.30. The molecule has 1 atom stereocenters. The fourth-order valence-corrected chi connectivity index (χ4v) is 3.65. The zero-order chi connectivity index (χ0) is 20.3. The lowest BCUT2D eigenvalue weighted by atomic mass is 10.1. The molecule has 2 heterocycles. The third kappa shape index (κ3) is 5.08. The predicted molar refractivity (Wildman–Crippen MR) is 111 cm³/mol. The molecule has 4 nitrogen and oxygen atoms in total. The van der Waals surface area contributed by atoms with E-state index in [1.807, 2.05) is 31.3 Å². The van der Waals surface area contributed by atoms with E-state index in [0.29, 0.717) is 12.2 Å². The van der Waals surface area contributed by atoms with Gasteiger partial charge in [-0.05, 0) is 58.0 Å². The van der Waals surface area contributed by atoms with Crippen molar-refractivity contribution in [3.05, 3.63) is 69.4 Å². The normalized spacial score (nSPS) is 12.5. The van der Waals surface area contributed by atoms with Crippen LogP contribution >= 0.6 is 11.3 Å². The van der Waals surface area contributed by atoms with Gasteiger partial charge in [0.1, 0.15) is 11.4 Å². The molecule has 0 aliphatic heterocycles. The molecule has 28 heavy (non-hydrogen) atoms. The van der Waals surface area contributed by atoms with Gasteiger partial charge in [-0.25, -0.2) is 9.07 Å². The highest BCUT2D eigenvalue weighted by Gasteiger charge is 2.15. The Labute approximate surface area is 169 Å². The summed E-state index contributed by atoms with van der Waals surface area (Å²) in [6.07, 6.45) is 1.83. The van der Waals surface area contributed by atoms with Crippen LogP contribution in [-0.4, -0.2) is 20.5 Å². The SMILES string of the molecule is Cc1c([C@H](C)NCc2ccc(C#CC(C)(C)O)s2)cnn1-c1cccc(F)c1. The second kappa shape index (κ2) is 8.27. The molecule has 0 saturated carbocycles. The molecule has 3 rings (SSSR count). The lowest BCUT2D eigenvalue weighted by Gasteiger charge is -2.13. The number of hydrogen-bond donors (Lipinski definition) is 2. The van der Waals surface area contributed by atoms with Gasteiger partial charge >= 0.3 is 0 Å². The van der Waals surface area contributed by atoms with E-state index in [9.17, 15) is 9.50 Å². The Morgan fingerprint density at radius 1 is 1.32 bits per heavy atom. The number of aromatic nitrogens is 2. The summed E-state index contributed by atoms with van der Waals surface area (Å²) in [4.78, 5) is 2.10. The van der Waals surface area contributed by atoms with Crippen LogP contribution in [0.25, 0.3) is 5.69 Å². The Bertz CT molecular complexity index is 1020. The number of thiophene rings is 1. The summed E-state index contributed by atoms with van der Waals surface area (Å²) in [5, 5.41) is 17.6. The van der Waals surface area contributed by atoms with E-state index >= 15 is 0 Å². The number of aliphatic hydroxyl groups is 1. The van der Waals surface area contributed by atoms with Crippen molar-refractivity contribution in [1.29, 1.82) is 0 Å². The number of nitrogens with zero attached hydrogens (tertiary/aromatic N) is 2. The molecule has 0 bridgehead atoms. The summed E-state index contributed by atoms with van der Waals surface area (Å²) in [7, 11) is 0. The van der Waals surface area contributed by atoms with Crippen LogP contribution in [0.3, 0.4) is 0 Å². The van der Waals surface area contributed by atoms with Gasteiger partial charge in [-0.2, -0.15) is 5.10 Å². The van der Waals surface area contributed by atoms with E-state index < -0.39 is 5.60 Å². The van der Waals surface area contributed by atoms with Gasteiger partial charge < -0.3 is 10.4 Å². The summed E-state index contributed by atoms with van der Waals surface area (Å²) in [6, 6.07) is 10.5. The first kappa shape index (κ1) is 20.3. The lowest BCUT2D eigenvalue weighted by molar-refractivity contribution is 0.143.